The normalized spacial score (nSPS) is 16.4. The number of nitrogens with zero attached hydrogens (tertiary/aromatic N) is 2. The van der Waals surface area contributed by atoms with E-state index < -0.39 is 0 Å². The van der Waals surface area contributed by atoms with E-state index in [2.05, 4.69) is 71.8 Å². The van der Waals surface area contributed by atoms with Gasteiger partial charge in [0.1, 0.15) is 0 Å². The molecule has 1 atom stereocenters. The maximum atomic E-state index is 12.0. The summed E-state index contributed by atoms with van der Waals surface area (Å²) in [6, 6.07) is 15.3. The van der Waals surface area contributed by atoms with Crippen molar-refractivity contribution in [2.45, 2.75) is 64.1 Å². The van der Waals surface area contributed by atoms with E-state index in [1.54, 1.807) is 0 Å². The fourth-order valence-electron chi connectivity index (χ4n) is 4.52. The first-order valence-corrected chi connectivity index (χ1v) is 13.0. The second-order valence-corrected chi connectivity index (χ2v) is 9.64. The van der Waals surface area contributed by atoms with Gasteiger partial charge in [-0.1, -0.05) is 48.9 Å². The Bertz CT molecular complexity index is 846. The van der Waals surface area contributed by atoms with Crippen LogP contribution in [0.1, 0.15) is 56.9 Å². The Hall–Kier alpha value is -1.99. The number of nitrogens with one attached hydrogen (secondary N) is 1. The first-order valence-electron chi connectivity index (χ1n) is 13.0. The van der Waals surface area contributed by atoms with E-state index >= 15 is 0 Å². The van der Waals surface area contributed by atoms with E-state index in [9.17, 15) is 4.79 Å². The molecule has 1 aliphatic rings. The zero-order chi connectivity index (χ0) is 24.0. The minimum Gasteiger partial charge on any atom is -0.350 e. The zero-order valence-electron chi connectivity index (χ0n) is 21.1. The Morgan fingerprint density at radius 2 is 1.79 bits per heavy atom. The van der Waals surface area contributed by atoms with Crippen LogP contribution in [0, 0.1) is 0 Å². The van der Waals surface area contributed by atoms with Gasteiger partial charge in [-0.2, -0.15) is 0 Å². The fraction of sp³-hybridized carbons (Fsp3) is 0.607. The third-order valence-corrected chi connectivity index (χ3v) is 6.48. The Morgan fingerprint density at radius 1 is 0.971 bits per heavy atom. The first-order chi connectivity index (χ1) is 16.6. The van der Waals surface area contributed by atoms with Crippen molar-refractivity contribution in [3.05, 3.63) is 48.0 Å². The van der Waals surface area contributed by atoms with E-state index in [0.717, 1.165) is 71.1 Å². The first kappa shape index (κ1) is 26.6. The number of amides is 1. The monoisotopic (exact) mass is 469 g/mol. The molecule has 0 bridgehead atoms. The number of carbonyl (C=O) groups excluding carboxylic acids is 1. The maximum Gasteiger partial charge on any atom is 0.243 e. The maximum absolute atomic E-state index is 12.0. The predicted octanol–water partition coefficient (Wildman–Crippen LogP) is 4.77. The van der Waals surface area contributed by atoms with E-state index in [-0.39, 0.29) is 12.2 Å². The highest BCUT2D eigenvalue weighted by molar-refractivity contribution is 5.85. The predicted molar refractivity (Wildman–Crippen MR) is 139 cm³/mol. The summed E-state index contributed by atoms with van der Waals surface area (Å²) in [6.07, 6.45) is 8.51. The van der Waals surface area contributed by atoms with Crippen molar-refractivity contribution >= 4 is 16.7 Å². The van der Waals surface area contributed by atoms with Gasteiger partial charge in [-0.05, 0) is 88.6 Å². The molecule has 1 aliphatic heterocycles. The minimum absolute atomic E-state index is 0.0482. The average molecular weight is 470 g/mol. The van der Waals surface area contributed by atoms with Crippen molar-refractivity contribution in [2.24, 2.45) is 0 Å². The van der Waals surface area contributed by atoms with E-state index in [0.29, 0.717) is 13.0 Å². The molecule has 1 unspecified atom stereocenters. The van der Waals surface area contributed by atoms with Crippen LogP contribution < -0.4 is 5.48 Å². The molecule has 6 nitrogen and oxygen atoms in total. The van der Waals surface area contributed by atoms with Crippen LogP contribution in [0.4, 0.5) is 0 Å². The molecule has 188 valence electrons. The van der Waals surface area contributed by atoms with Crippen molar-refractivity contribution in [3.8, 4) is 0 Å². The number of fused-ring (bicyclic) bond motifs is 1. The summed E-state index contributed by atoms with van der Waals surface area (Å²) >= 11 is 0. The van der Waals surface area contributed by atoms with Gasteiger partial charge in [0.15, 0.2) is 6.29 Å². The molecule has 0 saturated carbocycles. The summed E-state index contributed by atoms with van der Waals surface area (Å²) in [5.74, 6) is -0.0482. The summed E-state index contributed by atoms with van der Waals surface area (Å²) in [7, 11) is 4.27. The van der Waals surface area contributed by atoms with Crippen LogP contribution in [0.3, 0.4) is 0 Å². The molecule has 1 N–H and O–H groups in total. The smallest absolute Gasteiger partial charge is 0.243 e. The molecule has 2 aromatic rings. The van der Waals surface area contributed by atoms with Gasteiger partial charge in [0, 0.05) is 26.0 Å². The van der Waals surface area contributed by atoms with Crippen LogP contribution in [-0.4, -0.2) is 68.9 Å². The van der Waals surface area contributed by atoms with Gasteiger partial charge >= 0.3 is 0 Å². The average Bonchev–Trinajstić information content (AvgIpc) is 2.85. The van der Waals surface area contributed by atoms with Crippen molar-refractivity contribution in [1.29, 1.82) is 0 Å². The lowest BCUT2D eigenvalue weighted by atomic mass is 10.0. The summed E-state index contributed by atoms with van der Waals surface area (Å²) in [5, 5.41) is 2.68. The van der Waals surface area contributed by atoms with Gasteiger partial charge in [-0.15, -0.1) is 0 Å². The van der Waals surface area contributed by atoms with E-state index in [1.807, 2.05) is 0 Å². The summed E-state index contributed by atoms with van der Waals surface area (Å²) in [4.78, 5) is 22.3. The number of carbonyl (C=O) groups is 1. The number of hydrogen-bond acceptors (Lipinski definition) is 5. The molecule has 1 fully saturated rings. The highest BCUT2D eigenvalue weighted by atomic mass is 16.8. The molecule has 0 aromatic heterocycles. The number of ether oxygens (including phenoxy) is 1. The van der Waals surface area contributed by atoms with Gasteiger partial charge in [-0.25, -0.2) is 10.3 Å². The molecule has 2 aromatic carbocycles. The number of rotatable bonds is 15. The Kier molecular flexibility index (Phi) is 11.8. The molecule has 0 aliphatic carbocycles. The van der Waals surface area contributed by atoms with Gasteiger partial charge < -0.3 is 14.5 Å². The number of unbranched alkanes of at least 4 members (excludes halogenated alkanes) is 2. The Labute approximate surface area is 205 Å². The van der Waals surface area contributed by atoms with Crippen LogP contribution in [-0.2, 0) is 20.8 Å². The SMILES string of the molecule is CN(C)CCCN(CCCCCC(=O)NOC1CCCCO1)CCc1cccc2ccccc12. The number of hydroxylamine groups is 1. The quantitative estimate of drug-likeness (QED) is 0.301. The van der Waals surface area contributed by atoms with Crippen molar-refractivity contribution < 1.29 is 14.4 Å². The van der Waals surface area contributed by atoms with Crippen molar-refractivity contribution in [2.75, 3.05) is 46.9 Å². The van der Waals surface area contributed by atoms with Crippen LogP contribution >= 0.6 is 0 Å². The highest BCUT2D eigenvalue weighted by Gasteiger charge is 2.15. The van der Waals surface area contributed by atoms with Gasteiger partial charge in [0.05, 0.1) is 0 Å². The van der Waals surface area contributed by atoms with E-state index in [4.69, 9.17) is 9.57 Å². The van der Waals surface area contributed by atoms with Gasteiger partial charge in [0.2, 0.25) is 5.91 Å². The van der Waals surface area contributed by atoms with Gasteiger partial charge in [-0.3, -0.25) is 4.79 Å². The minimum atomic E-state index is -0.282. The Morgan fingerprint density at radius 3 is 2.62 bits per heavy atom. The zero-order valence-corrected chi connectivity index (χ0v) is 21.1. The lowest BCUT2D eigenvalue weighted by Crippen LogP contribution is -2.33. The molecule has 1 saturated heterocycles. The molecule has 1 heterocycles. The topological polar surface area (TPSA) is 54.0 Å². The van der Waals surface area contributed by atoms with Gasteiger partial charge in [0.25, 0.3) is 0 Å². The molecule has 6 heteroatoms. The molecule has 34 heavy (non-hydrogen) atoms. The van der Waals surface area contributed by atoms with Crippen molar-refractivity contribution in [1.82, 2.24) is 15.3 Å². The third-order valence-electron chi connectivity index (χ3n) is 6.48. The molecular formula is C28H43N3O3. The third kappa shape index (κ3) is 9.71. The van der Waals surface area contributed by atoms with E-state index in [1.165, 1.54) is 22.8 Å². The van der Waals surface area contributed by atoms with Crippen LogP contribution in [0.2, 0.25) is 0 Å². The molecular weight excluding hydrogens is 426 g/mol. The molecule has 1 amide bonds. The highest BCUT2D eigenvalue weighted by Crippen LogP contribution is 2.19. The number of benzene rings is 2. The lowest BCUT2D eigenvalue weighted by Gasteiger charge is -2.24. The fourth-order valence-corrected chi connectivity index (χ4v) is 4.52. The molecule has 0 spiro atoms. The van der Waals surface area contributed by atoms with Crippen LogP contribution in [0.5, 0.6) is 0 Å². The lowest BCUT2D eigenvalue weighted by molar-refractivity contribution is -0.200. The largest absolute Gasteiger partial charge is 0.350 e. The second-order valence-electron chi connectivity index (χ2n) is 9.64. The van der Waals surface area contributed by atoms with Crippen LogP contribution in [0.15, 0.2) is 42.5 Å². The summed E-state index contributed by atoms with van der Waals surface area (Å²) < 4.78 is 5.48. The molecule has 3 rings (SSSR count). The second kappa shape index (κ2) is 15.1. The summed E-state index contributed by atoms with van der Waals surface area (Å²) in [5.41, 5.74) is 3.99. The molecule has 0 radical (unpaired) electrons. The number of hydrogen-bond donors (Lipinski definition) is 1. The van der Waals surface area contributed by atoms with Crippen molar-refractivity contribution in [3.63, 3.8) is 0 Å². The van der Waals surface area contributed by atoms with Crippen LogP contribution in [0.25, 0.3) is 10.8 Å². The summed E-state index contributed by atoms with van der Waals surface area (Å²) in [6.45, 7) is 5.07. The Balaban J connectivity index is 1.38. The standard InChI is InChI=1S/C28H43N3O3/c1-30(2)19-11-21-31(22-18-25-14-10-13-24-12-5-6-15-26(24)25)20-8-3-4-16-27(32)29-34-28-17-7-9-23-33-28/h5-6,10,12-15,28H,3-4,7-9,11,16-23H2,1-2H3,(H,29,32).